The van der Waals surface area contributed by atoms with Gasteiger partial charge in [-0.3, -0.25) is 0 Å². The number of hydrogen-bond acceptors (Lipinski definition) is 9. The largest absolute Gasteiger partial charge is 0.392 e. The first-order valence-electron chi connectivity index (χ1n) is 22.9. The minimum atomic E-state index is -0.943. The van der Waals surface area contributed by atoms with Crippen LogP contribution in [0.1, 0.15) is 166 Å². The van der Waals surface area contributed by atoms with Gasteiger partial charge in [-0.15, -0.1) is 0 Å². The molecule has 2 N–H and O–H groups in total. The molecule has 11 nitrogen and oxygen atoms in total. The van der Waals surface area contributed by atoms with E-state index in [1.165, 1.54) is 70.6 Å². The van der Waals surface area contributed by atoms with E-state index in [-0.39, 0.29) is 66.5 Å². The standard InChI is InChI=1S/C45H83N3O8/c1-11-15-16-17-18-19-20-21-22-23-24-25-26-27-29(5)35(47-48-46)28-51-45-40(50)33(9)42(38(14-4)54-45)56-43-31(7)30(6)41(37(13-3)53-43)55-44-34(10)39(49)32(8)36(12-2)52-44/h26-27,29-45,49-50H,11-25,28H2,1-10H3/b27-26+/t29-,30-,31?,32+,33-,34?,35+,36?,37?,38?,39+,40?,41-,42+,43+,44+,45-/m1/s1. The van der Waals surface area contributed by atoms with Gasteiger partial charge < -0.3 is 38.6 Å². The van der Waals surface area contributed by atoms with Gasteiger partial charge in [0.15, 0.2) is 18.9 Å². The molecule has 0 aromatic carbocycles. The Kier molecular flexibility index (Phi) is 22.8. The molecule has 0 spiro atoms. The van der Waals surface area contributed by atoms with E-state index in [0.717, 1.165) is 19.3 Å². The number of ether oxygens (including phenoxy) is 6. The summed E-state index contributed by atoms with van der Waals surface area (Å²) in [6.45, 7) is 21.0. The van der Waals surface area contributed by atoms with E-state index in [0.29, 0.717) is 6.42 Å². The lowest BCUT2D eigenvalue weighted by Crippen LogP contribution is -2.59. The molecule has 3 aliphatic rings. The molecule has 3 aliphatic heterocycles. The third kappa shape index (κ3) is 14.2. The van der Waals surface area contributed by atoms with Gasteiger partial charge in [-0.25, -0.2) is 0 Å². The molecule has 0 saturated carbocycles. The van der Waals surface area contributed by atoms with E-state index in [1.54, 1.807) is 0 Å². The molecule has 0 aliphatic carbocycles. The van der Waals surface area contributed by atoms with Crippen LogP contribution in [-0.4, -0.2) is 84.5 Å². The van der Waals surface area contributed by atoms with E-state index in [1.807, 2.05) is 34.6 Å². The van der Waals surface area contributed by atoms with Gasteiger partial charge in [0.1, 0.15) is 6.10 Å². The number of azide groups is 1. The maximum atomic E-state index is 11.5. The summed E-state index contributed by atoms with van der Waals surface area (Å²) in [7, 11) is 0. The van der Waals surface area contributed by atoms with E-state index in [4.69, 9.17) is 28.4 Å². The van der Waals surface area contributed by atoms with Gasteiger partial charge >= 0.3 is 0 Å². The number of hydrogen-bond donors (Lipinski definition) is 2. The smallest absolute Gasteiger partial charge is 0.184 e. The van der Waals surface area contributed by atoms with Crippen molar-refractivity contribution in [3.8, 4) is 0 Å². The van der Waals surface area contributed by atoms with Gasteiger partial charge in [-0.05, 0) is 49.5 Å². The van der Waals surface area contributed by atoms with E-state index >= 15 is 0 Å². The Morgan fingerprint density at radius 3 is 1.68 bits per heavy atom. The Balaban J connectivity index is 1.49. The normalized spacial score (nSPS) is 37.7. The number of aliphatic hydroxyl groups excluding tert-OH is 2. The van der Waals surface area contributed by atoms with E-state index in [2.05, 4.69) is 56.8 Å². The predicted molar refractivity (Wildman–Crippen MR) is 223 cm³/mol. The molecule has 3 fully saturated rings. The summed E-state index contributed by atoms with van der Waals surface area (Å²) < 4.78 is 39.0. The number of aliphatic hydroxyl groups is 2. The van der Waals surface area contributed by atoms with Crippen LogP contribution >= 0.6 is 0 Å². The third-order valence-electron chi connectivity index (χ3n) is 13.3. The second-order valence-corrected chi connectivity index (χ2v) is 17.5. The Bertz CT molecular complexity index is 1130. The van der Waals surface area contributed by atoms with Gasteiger partial charge in [-0.1, -0.05) is 151 Å². The maximum absolute atomic E-state index is 11.5. The average molecular weight is 794 g/mol. The van der Waals surface area contributed by atoms with Crippen molar-refractivity contribution in [2.24, 2.45) is 40.6 Å². The van der Waals surface area contributed by atoms with Crippen molar-refractivity contribution >= 4 is 0 Å². The van der Waals surface area contributed by atoms with Gasteiger partial charge in [0, 0.05) is 28.6 Å². The summed E-state index contributed by atoms with van der Waals surface area (Å²) in [6, 6.07) is -0.422. The first-order valence-corrected chi connectivity index (χ1v) is 22.9. The van der Waals surface area contributed by atoms with Crippen molar-refractivity contribution in [3.05, 3.63) is 22.6 Å². The molecule has 0 aromatic rings. The minimum absolute atomic E-state index is 0.0163. The molecule has 326 valence electrons. The Morgan fingerprint density at radius 2 is 1.12 bits per heavy atom. The quantitative estimate of drug-likeness (QED) is 0.0305. The predicted octanol–water partition coefficient (Wildman–Crippen LogP) is 10.7. The molecule has 0 amide bonds. The zero-order valence-electron chi connectivity index (χ0n) is 37.0. The van der Waals surface area contributed by atoms with Crippen LogP contribution in [0.25, 0.3) is 10.4 Å². The lowest BCUT2D eigenvalue weighted by atomic mass is 9.82. The van der Waals surface area contributed by atoms with Gasteiger partial charge in [-0.2, -0.15) is 0 Å². The van der Waals surface area contributed by atoms with Crippen molar-refractivity contribution in [2.75, 3.05) is 6.61 Å². The highest BCUT2D eigenvalue weighted by Gasteiger charge is 2.50. The first kappa shape index (κ1) is 49.1. The first-order chi connectivity index (χ1) is 26.9. The number of nitrogens with zero attached hydrogens (tertiary/aromatic N) is 3. The highest BCUT2D eigenvalue weighted by Crippen LogP contribution is 2.41. The molecule has 3 rings (SSSR count). The zero-order chi connectivity index (χ0) is 41.2. The molecule has 6 unspecified atom stereocenters. The fraction of sp³-hybridized carbons (Fsp3) is 0.956. The molecular formula is C45H83N3O8. The Labute approximate surface area is 340 Å². The summed E-state index contributed by atoms with van der Waals surface area (Å²) >= 11 is 0. The molecular weight excluding hydrogens is 711 g/mol. The molecule has 56 heavy (non-hydrogen) atoms. The molecule has 0 aromatic heterocycles. The lowest BCUT2D eigenvalue weighted by Gasteiger charge is -2.50. The summed E-state index contributed by atoms with van der Waals surface area (Å²) in [6.07, 6.45) is 17.5. The fourth-order valence-electron chi connectivity index (χ4n) is 8.87. The second-order valence-electron chi connectivity index (χ2n) is 17.5. The lowest BCUT2D eigenvalue weighted by molar-refractivity contribution is -0.354. The van der Waals surface area contributed by atoms with Crippen LogP contribution in [0.3, 0.4) is 0 Å². The van der Waals surface area contributed by atoms with Crippen LogP contribution < -0.4 is 0 Å². The number of allylic oxidation sites excluding steroid dienone is 1. The highest BCUT2D eigenvalue weighted by atomic mass is 16.7. The summed E-state index contributed by atoms with van der Waals surface area (Å²) in [5.41, 5.74) is 9.34. The van der Waals surface area contributed by atoms with Crippen molar-refractivity contribution in [1.29, 1.82) is 0 Å². The average Bonchev–Trinajstić information content (AvgIpc) is 3.19. The van der Waals surface area contributed by atoms with E-state index in [9.17, 15) is 15.7 Å². The van der Waals surface area contributed by atoms with Gasteiger partial charge in [0.2, 0.25) is 0 Å². The maximum Gasteiger partial charge on any atom is 0.184 e. The molecule has 0 radical (unpaired) electrons. The highest BCUT2D eigenvalue weighted by molar-refractivity contribution is 4.95. The van der Waals surface area contributed by atoms with Crippen LogP contribution in [0.4, 0.5) is 0 Å². The van der Waals surface area contributed by atoms with Gasteiger partial charge in [0.25, 0.3) is 0 Å². The van der Waals surface area contributed by atoms with Crippen molar-refractivity contribution in [3.63, 3.8) is 0 Å². The van der Waals surface area contributed by atoms with Crippen LogP contribution in [-0.2, 0) is 28.4 Å². The Morgan fingerprint density at radius 1 is 0.625 bits per heavy atom. The van der Waals surface area contributed by atoms with Crippen molar-refractivity contribution in [2.45, 2.75) is 233 Å². The molecule has 0 bridgehead atoms. The third-order valence-corrected chi connectivity index (χ3v) is 13.3. The summed E-state index contributed by atoms with van der Waals surface area (Å²) in [4.78, 5) is 3.11. The molecule has 11 heteroatoms. The summed E-state index contributed by atoms with van der Waals surface area (Å²) in [5.74, 6) is -0.360. The van der Waals surface area contributed by atoms with Crippen LogP contribution in [0.15, 0.2) is 17.3 Å². The van der Waals surface area contributed by atoms with Crippen LogP contribution in [0.5, 0.6) is 0 Å². The molecule has 3 heterocycles. The van der Waals surface area contributed by atoms with Crippen LogP contribution in [0.2, 0.25) is 0 Å². The van der Waals surface area contributed by atoms with Gasteiger partial charge in [0.05, 0.1) is 49.3 Å². The summed E-state index contributed by atoms with van der Waals surface area (Å²) in [5, 5.41) is 26.5. The minimum Gasteiger partial charge on any atom is -0.392 e. The van der Waals surface area contributed by atoms with Crippen LogP contribution in [0, 0.1) is 35.5 Å². The fourth-order valence-corrected chi connectivity index (χ4v) is 8.87. The van der Waals surface area contributed by atoms with E-state index < -0.39 is 43.2 Å². The van der Waals surface area contributed by atoms with Crippen molar-refractivity contribution < 1.29 is 38.6 Å². The number of unbranched alkanes of at least 4 members (excludes halogenated alkanes) is 11. The Hall–Kier alpha value is -1.27. The monoisotopic (exact) mass is 794 g/mol. The SMILES string of the molecule is CCCCCCCCCCCCC/C=C/[C@@H](C)[C@H](CO[C@@H]1OC(CC)[C@@H](O[C@@H]2OC(CC)[C@H](O[C@@H]3OC(CC)[C@H](C)[C@H](O)C3C)[C@H](C)C2C)[C@H](C)C1O)N=[N+]=[N-]. The molecule has 17 atom stereocenters. The number of rotatable bonds is 25. The second kappa shape index (κ2) is 26.0. The topological polar surface area (TPSA) is 145 Å². The zero-order valence-corrected chi connectivity index (χ0v) is 37.0. The van der Waals surface area contributed by atoms with Crippen molar-refractivity contribution in [1.82, 2.24) is 0 Å². The molecule has 3 saturated heterocycles.